The van der Waals surface area contributed by atoms with Gasteiger partial charge in [0.2, 0.25) is 0 Å². The summed E-state index contributed by atoms with van der Waals surface area (Å²) in [6.07, 6.45) is 0.951. The topological polar surface area (TPSA) is 56.5 Å². The summed E-state index contributed by atoms with van der Waals surface area (Å²) in [6.45, 7) is 2.14. The molecule has 0 aliphatic heterocycles. The average Bonchev–Trinajstić information content (AvgIpc) is 2.56. The monoisotopic (exact) mass is 286 g/mol. The van der Waals surface area contributed by atoms with Gasteiger partial charge in [0.25, 0.3) is 0 Å². The van der Waals surface area contributed by atoms with Crippen LogP contribution in [0.1, 0.15) is 29.7 Å². The summed E-state index contributed by atoms with van der Waals surface area (Å²) in [4.78, 5) is 0. The molecule has 4 nitrogen and oxygen atoms in total. The van der Waals surface area contributed by atoms with Gasteiger partial charge in [-0.3, -0.25) is 5.84 Å². The molecular formula is C17H22N2O2. The number of hydrogen-bond acceptors (Lipinski definition) is 4. The number of nitrogens with one attached hydrogen (secondary N) is 1. The van der Waals surface area contributed by atoms with E-state index >= 15 is 0 Å². The highest BCUT2D eigenvalue weighted by atomic mass is 16.5. The molecule has 0 amide bonds. The molecule has 0 heterocycles. The summed E-state index contributed by atoms with van der Waals surface area (Å²) in [6, 6.07) is 13.9. The van der Waals surface area contributed by atoms with Gasteiger partial charge in [-0.2, -0.15) is 0 Å². The van der Waals surface area contributed by atoms with Gasteiger partial charge in [0.15, 0.2) is 0 Å². The maximum absolute atomic E-state index is 5.82. The lowest BCUT2D eigenvalue weighted by Gasteiger charge is -2.22. The van der Waals surface area contributed by atoms with Crippen LogP contribution in [0.3, 0.4) is 0 Å². The normalized spacial score (nSPS) is 12.0. The molecule has 3 N–H and O–H groups in total. The highest BCUT2D eigenvalue weighted by Gasteiger charge is 2.19. The minimum atomic E-state index is -0.123. The fourth-order valence-electron chi connectivity index (χ4n) is 2.54. The molecule has 4 heteroatoms. The maximum atomic E-state index is 5.82. The number of nitrogens with two attached hydrogens (primary N) is 1. The molecule has 2 aromatic carbocycles. The van der Waals surface area contributed by atoms with Gasteiger partial charge in [0.05, 0.1) is 20.3 Å². The summed E-state index contributed by atoms with van der Waals surface area (Å²) in [5, 5.41) is 0. The zero-order valence-corrected chi connectivity index (χ0v) is 12.7. The van der Waals surface area contributed by atoms with Crippen LogP contribution in [0.4, 0.5) is 0 Å². The summed E-state index contributed by atoms with van der Waals surface area (Å²) in [7, 11) is 3.29. The Balaban J connectivity index is 2.51. The highest BCUT2D eigenvalue weighted by molar-refractivity contribution is 5.47. The molecule has 112 valence electrons. The van der Waals surface area contributed by atoms with Crippen LogP contribution in [-0.4, -0.2) is 14.2 Å². The molecule has 0 fully saturated rings. The van der Waals surface area contributed by atoms with Gasteiger partial charge in [-0.05, 0) is 29.7 Å². The lowest BCUT2D eigenvalue weighted by molar-refractivity contribution is 0.387. The Kier molecular flexibility index (Phi) is 5.20. The first kappa shape index (κ1) is 15.4. The maximum Gasteiger partial charge on any atom is 0.127 e. The Labute approximate surface area is 125 Å². The van der Waals surface area contributed by atoms with E-state index in [4.69, 9.17) is 15.3 Å². The van der Waals surface area contributed by atoms with Crippen molar-refractivity contribution in [3.05, 3.63) is 59.2 Å². The van der Waals surface area contributed by atoms with Crippen molar-refractivity contribution in [2.24, 2.45) is 5.84 Å². The van der Waals surface area contributed by atoms with Crippen LogP contribution >= 0.6 is 0 Å². The summed E-state index contributed by atoms with van der Waals surface area (Å²) >= 11 is 0. The fourth-order valence-corrected chi connectivity index (χ4v) is 2.54. The van der Waals surface area contributed by atoms with Crippen molar-refractivity contribution in [3.63, 3.8) is 0 Å². The first-order valence-electron chi connectivity index (χ1n) is 7.01. The number of ether oxygens (including phenoxy) is 2. The van der Waals surface area contributed by atoms with E-state index in [9.17, 15) is 0 Å². The van der Waals surface area contributed by atoms with E-state index in [1.165, 1.54) is 5.56 Å². The fraction of sp³-hybridized carbons (Fsp3) is 0.294. The molecule has 2 aromatic rings. The predicted octanol–water partition coefficient (Wildman–Crippen LogP) is 2.82. The third-order valence-electron chi connectivity index (χ3n) is 3.67. The van der Waals surface area contributed by atoms with Crippen LogP contribution in [0.15, 0.2) is 42.5 Å². The number of benzene rings is 2. The molecular weight excluding hydrogens is 264 g/mol. The first-order chi connectivity index (χ1) is 10.2. The van der Waals surface area contributed by atoms with Crippen LogP contribution in [0, 0.1) is 0 Å². The van der Waals surface area contributed by atoms with Crippen molar-refractivity contribution in [1.82, 2.24) is 5.43 Å². The molecule has 0 saturated heterocycles. The van der Waals surface area contributed by atoms with Gasteiger partial charge in [-0.25, -0.2) is 5.43 Å². The second kappa shape index (κ2) is 7.11. The minimum absolute atomic E-state index is 0.123. The molecule has 0 radical (unpaired) electrons. The Morgan fingerprint density at radius 3 is 2.43 bits per heavy atom. The lowest BCUT2D eigenvalue weighted by atomic mass is 9.93. The number of methoxy groups -OCH3 is 2. The summed E-state index contributed by atoms with van der Waals surface area (Å²) in [5.41, 5.74) is 6.31. The predicted molar refractivity (Wildman–Crippen MR) is 84.5 cm³/mol. The Hall–Kier alpha value is -2.04. The van der Waals surface area contributed by atoms with E-state index in [1.807, 2.05) is 30.3 Å². The first-order valence-corrected chi connectivity index (χ1v) is 7.01. The van der Waals surface area contributed by atoms with Crippen LogP contribution in [-0.2, 0) is 6.42 Å². The van der Waals surface area contributed by atoms with Crippen LogP contribution in [0.5, 0.6) is 11.5 Å². The van der Waals surface area contributed by atoms with Crippen molar-refractivity contribution in [1.29, 1.82) is 0 Å². The van der Waals surface area contributed by atoms with Crippen molar-refractivity contribution in [2.45, 2.75) is 19.4 Å². The summed E-state index contributed by atoms with van der Waals surface area (Å²) in [5.74, 6) is 7.33. The van der Waals surface area contributed by atoms with Crippen molar-refractivity contribution in [2.75, 3.05) is 14.2 Å². The number of rotatable bonds is 6. The van der Waals surface area contributed by atoms with Gasteiger partial charge in [-0.15, -0.1) is 0 Å². The standard InChI is InChI=1S/C17H22N2O2/c1-4-12-7-5-6-8-14(12)17(19-18)15-10-9-13(20-2)11-16(15)21-3/h5-11,17,19H,4,18H2,1-3H3. The quantitative estimate of drug-likeness (QED) is 0.633. The van der Waals surface area contributed by atoms with Crippen LogP contribution in [0.25, 0.3) is 0 Å². The third-order valence-corrected chi connectivity index (χ3v) is 3.67. The zero-order valence-electron chi connectivity index (χ0n) is 12.7. The van der Waals surface area contributed by atoms with Gasteiger partial charge in [-0.1, -0.05) is 31.2 Å². The lowest BCUT2D eigenvalue weighted by Crippen LogP contribution is -2.30. The van der Waals surface area contributed by atoms with E-state index in [0.717, 1.165) is 29.0 Å². The highest BCUT2D eigenvalue weighted by Crippen LogP contribution is 2.33. The number of hydrazine groups is 1. The summed E-state index contributed by atoms with van der Waals surface area (Å²) < 4.78 is 10.7. The molecule has 2 rings (SSSR count). The van der Waals surface area contributed by atoms with Gasteiger partial charge < -0.3 is 9.47 Å². The minimum Gasteiger partial charge on any atom is -0.497 e. The van der Waals surface area contributed by atoms with E-state index in [-0.39, 0.29) is 6.04 Å². The molecule has 0 aromatic heterocycles. The smallest absolute Gasteiger partial charge is 0.127 e. The van der Waals surface area contributed by atoms with E-state index in [0.29, 0.717) is 0 Å². The number of hydrogen-bond donors (Lipinski definition) is 2. The number of aryl methyl sites for hydroxylation is 1. The van der Waals surface area contributed by atoms with Crippen LogP contribution in [0.2, 0.25) is 0 Å². The second-order valence-corrected chi connectivity index (χ2v) is 4.76. The molecule has 1 atom stereocenters. The largest absolute Gasteiger partial charge is 0.497 e. The third kappa shape index (κ3) is 3.17. The molecule has 0 spiro atoms. The van der Waals surface area contributed by atoms with Gasteiger partial charge in [0, 0.05) is 11.6 Å². The molecule has 0 aliphatic rings. The van der Waals surface area contributed by atoms with Crippen molar-refractivity contribution < 1.29 is 9.47 Å². The SMILES string of the molecule is CCc1ccccc1C(NN)c1ccc(OC)cc1OC. The Morgan fingerprint density at radius 1 is 1.05 bits per heavy atom. The second-order valence-electron chi connectivity index (χ2n) is 4.76. The Bertz CT molecular complexity index is 599. The van der Waals surface area contributed by atoms with Gasteiger partial charge >= 0.3 is 0 Å². The zero-order chi connectivity index (χ0) is 15.2. The van der Waals surface area contributed by atoms with Crippen molar-refractivity contribution >= 4 is 0 Å². The van der Waals surface area contributed by atoms with Crippen LogP contribution < -0.4 is 20.7 Å². The molecule has 21 heavy (non-hydrogen) atoms. The molecule has 0 saturated carbocycles. The van der Waals surface area contributed by atoms with E-state index < -0.39 is 0 Å². The van der Waals surface area contributed by atoms with E-state index in [1.54, 1.807) is 14.2 Å². The molecule has 0 bridgehead atoms. The van der Waals surface area contributed by atoms with E-state index in [2.05, 4.69) is 24.5 Å². The average molecular weight is 286 g/mol. The van der Waals surface area contributed by atoms with Gasteiger partial charge in [0.1, 0.15) is 11.5 Å². The Morgan fingerprint density at radius 2 is 1.81 bits per heavy atom. The molecule has 0 aliphatic carbocycles. The van der Waals surface area contributed by atoms with Crippen molar-refractivity contribution in [3.8, 4) is 11.5 Å². The molecule has 1 unspecified atom stereocenters.